The maximum Gasteiger partial charge on any atom is 0.326 e. The average molecular weight is 428 g/mol. The first-order valence-corrected chi connectivity index (χ1v) is 9.24. The molecule has 1 amide bonds. The Morgan fingerprint density at radius 3 is 2.64 bits per heavy atom. The maximum atomic E-state index is 14.6. The van der Waals surface area contributed by atoms with Gasteiger partial charge in [0, 0.05) is 28.4 Å². The van der Waals surface area contributed by atoms with Crippen LogP contribution in [0.25, 0.3) is 5.70 Å². The quantitative estimate of drug-likeness (QED) is 0.310. The van der Waals surface area contributed by atoms with Gasteiger partial charge in [0.2, 0.25) is 5.29 Å². The van der Waals surface area contributed by atoms with Crippen LogP contribution in [-0.2, 0) is 16.1 Å². The smallest absolute Gasteiger partial charge is 0.326 e. The largest absolute Gasteiger partial charge is 0.459 e. The van der Waals surface area contributed by atoms with Crippen LogP contribution in [0, 0.1) is 5.82 Å². The van der Waals surface area contributed by atoms with E-state index in [9.17, 15) is 14.0 Å². The first kappa shape index (κ1) is 22.0. The SMILES string of the molecule is C\C=N/C(Cl)=N\C(=C\Cl)c1cc(F)c2c(c1)C(=O)N(CC(=O)OC(C)(C)C)C2. The highest BCUT2D eigenvalue weighted by molar-refractivity contribution is 6.65. The molecule has 6 nitrogen and oxygen atoms in total. The van der Waals surface area contributed by atoms with Gasteiger partial charge >= 0.3 is 5.97 Å². The van der Waals surface area contributed by atoms with E-state index >= 15 is 0 Å². The Balaban J connectivity index is 2.30. The highest BCUT2D eigenvalue weighted by atomic mass is 35.5. The summed E-state index contributed by atoms with van der Waals surface area (Å²) in [5.74, 6) is -1.64. The van der Waals surface area contributed by atoms with Crippen LogP contribution < -0.4 is 0 Å². The number of amides is 1. The van der Waals surface area contributed by atoms with Crippen LogP contribution in [0.1, 0.15) is 49.2 Å². The highest BCUT2D eigenvalue weighted by Gasteiger charge is 2.33. The summed E-state index contributed by atoms with van der Waals surface area (Å²) in [5.41, 5.74) is 1.20. The molecule has 0 aliphatic carbocycles. The second-order valence-corrected chi connectivity index (χ2v) is 7.55. The molecule has 0 spiro atoms. The lowest BCUT2D eigenvalue weighted by atomic mass is 10.0. The van der Waals surface area contributed by atoms with Crippen molar-refractivity contribution in [3.63, 3.8) is 0 Å². The Bertz CT molecular complexity index is 889. The first-order valence-electron chi connectivity index (χ1n) is 8.43. The first-order chi connectivity index (χ1) is 13.1. The van der Waals surface area contributed by atoms with E-state index in [2.05, 4.69) is 9.98 Å². The van der Waals surface area contributed by atoms with E-state index in [1.165, 1.54) is 23.2 Å². The number of carbonyl (C=O) groups excluding carboxylic acids is 2. The van der Waals surface area contributed by atoms with E-state index in [1.54, 1.807) is 27.7 Å². The van der Waals surface area contributed by atoms with Crippen LogP contribution in [0.5, 0.6) is 0 Å². The van der Waals surface area contributed by atoms with Crippen molar-refractivity contribution in [1.82, 2.24) is 4.90 Å². The summed E-state index contributed by atoms with van der Waals surface area (Å²) in [7, 11) is 0. The number of rotatable bonds is 4. The highest BCUT2D eigenvalue weighted by Crippen LogP contribution is 2.30. The van der Waals surface area contributed by atoms with E-state index in [1.807, 2.05) is 0 Å². The lowest BCUT2D eigenvalue weighted by molar-refractivity contribution is -0.155. The zero-order valence-corrected chi connectivity index (χ0v) is 17.4. The minimum absolute atomic E-state index is 0.0242. The normalized spacial score (nSPS) is 15.4. The molecule has 0 bridgehead atoms. The fourth-order valence-corrected chi connectivity index (χ4v) is 2.98. The summed E-state index contributed by atoms with van der Waals surface area (Å²) in [6.45, 7) is 6.55. The molecule has 1 aromatic rings. The van der Waals surface area contributed by atoms with Crippen molar-refractivity contribution in [2.45, 2.75) is 39.8 Å². The second kappa shape index (κ2) is 8.84. The second-order valence-electron chi connectivity index (χ2n) is 6.99. The molecule has 28 heavy (non-hydrogen) atoms. The summed E-state index contributed by atoms with van der Waals surface area (Å²) in [6.07, 6.45) is 1.44. The van der Waals surface area contributed by atoms with Crippen molar-refractivity contribution < 1.29 is 18.7 Å². The summed E-state index contributed by atoms with van der Waals surface area (Å²) in [5, 5.41) is -0.0896. The van der Waals surface area contributed by atoms with Crippen LogP contribution in [0.4, 0.5) is 4.39 Å². The Labute approximate surface area is 172 Å². The summed E-state index contributed by atoms with van der Waals surface area (Å²) >= 11 is 11.6. The molecule has 0 aromatic heterocycles. The van der Waals surface area contributed by atoms with Gasteiger partial charge in [0.15, 0.2) is 0 Å². The molecule has 9 heteroatoms. The number of ether oxygens (including phenoxy) is 1. The number of aliphatic imine (C=N–C) groups is 2. The van der Waals surface area contributed by atoms with Crippen LogP contribution in [0.2, 0.25) is 0 Å². The molecular weight excluding hydrogens is 408 g/mol. The van der Waals surface area contributed by atoms with Crippen LogP contribution in [-0.4, -0.2) is 40.4 Å². The molecular formula is C19H20Cl2FN3O3. The Hall–Kier alpha value is -2.25. The number of hydrogen-bond donors (Lipinski definition) is 0. The summed E-state index contributed by atoms with van der Waals surface area (Å²) in [6, 6.07) is 2.67. The lowest BCUT2D eigenvalue weighted by Gasteiger charge is -2.22. The van der Waals surface area contributed by atoms with Gasteiger partial charge in [-0.1, -0.05) is 11.6 Å². The maximum absolute atomic E-state index is 14.6. The van der Waals surface area contributed by atoms with Gasteiger partial charge in [-0.05, 0) is 51.4 Å². The van der Waals surface area contributed by atoms with Gasteiger partial charge in [0.05, 0.1) is 12.2 Å². The molecule has 0 N–H and O–H groups in total. The molecule has 0 unspecified atom stereocenters. The molecule has 0 atom stereocenters. The molecule has 0 fully saturated rings. The topological polar surface area (TPSA) is 71.3 Å². The Kier molecular flexibility index (Phi) is 6.96. The lowest BCUT2D eigenvalue weighted by Crippen LogP contribution is -2.35. The van der Waals surface area contributed by atoms with Gasteiger partial charge < -0.3 is 9.64 Å². The van der Waals surface area contributed by atoms with Crippen molar-refractivity contribution in [3.05, 3.63) is 40.2 Å². The van der Waals surface area contributed by atoms with E-state index in [-0.39, 0.29) is 40.8 Å². The molecule has 1 aromatic carbocycles. The Morgan fingerprint density at radius 2 is 2.07 bits per heavy atom. The minimum Gasteiger partial charge on any atom is -0.459 e. The number of esters is 1. The van der Waals surface area contributed by atoms with Crippen molar-refractivity contribution >= 4 is 52.3 Å². The number of nitrogens with zero attached hydrogens (tertiary/aromatic N) is 3. The van der Waals surface area contributed by atoms with Gasteiger partial charge in [0.25, 0.3) is 5.91 Å². The van der Waals surface area contributed by atoms with Crippen molar-refractivity contribution in [2.75, 3.05) is 6.54 Å². The van der Waals surface area contributed by atoms with Crippen LogP contribution >= 0.6 is 23.2 Å². The van der Waals surface area contributed by atoms with Gasteiger partial charge in [-0.15, -0.1) is 0 Å². The standard InChI is InChI=1S/C19H20Cl2FN3O3/c1-5-23-18(21)24-15(8-20)11-6-12-13(14(22)7-11)9-25(17(12)27)10-16(26)28-19(2,3)4/h5-8H,9-10H2,1-4H3/b15-8+,23-5-,24-18-. The molecule has 1 aliphatic heterocycles. The van der Waals surface area contributed by atoms with E-state index in [4.69, 9.17) is 27.9 Å². The molecule has 1 aliphatic rings. The van der Waals surface area contributed by atoms with Gasteiger partial charge in [-0.3, -0.25) is 9.59 Å². The van der Waals surface area contributed by atoms with Crippen LogP contribution in [0.15, 0.2) is 27.7 Å². The average Bonchev–Trinajstić information content (AvgIpc) is 2.88. The summed E-state index contributed by atoms with van der Waals surface area (Å²) < 4.78 is 19.8. The van der Waals surface area contributed by atoms with E-state index in [0.29, 0.717) is 0 Å². The fourth-order valence-electron chi connectivity index (χ4n) is 2.61. The molecule has 0 radical (unpaired) electrons. The van der Waals surface area contributed by atoms with Crippen LogP contribution in [0.3, 0.4) is 0 Å². The third-order valence-corrected chi connectivity index (χ3v) is 4.04. The van der Waals surface area contributed by atoms with Crippen molar-refractivity contribution in [2.24, 2.45) is 9.98 Å². The predicted octanol–water partition coefficient (Wildman–Crippen LogP) is 4.35. The van der Waals surface area contributed by atoms with Gasteiger partial charge in [-0.25, -0.2) is 14.4 Å². The molecule has 2 rings (SSSR count). The van der Waals surface area contributed by atoms with Gasteiger partial charge in [-0.2, -0.15) is 0 Å². The predicted molar refractivity (Wildman–Crippen MR) is 108 cm³/mol. The summed E-state index contributed by atoms with van der Waals surface area (Å²) in [4.78, 5) is 33.7. The molecule has 0 saturated heterocycles. The number of halogens is 3. The van der Waals surface area contributed by atoms with Crippen molar-refractivity contribution in [1.29, 1.82) is 0 Å². The van der Waals surface area contributed by atoms with E-state index < -0.39 is 23.3 Å². The van der Waals surface area contributed by atoms with E-state index in [0.717, 1.165) is 5.54 Å². The Morgan fingerprint density at radius 1 is 1.39 bits per heavy atom. The molecule has 1 heterocycles. The number of benzene rings is 1. The van der Waals surface area contributed by atoms with Crippen molar-refractivity contribution in [3.8, 4) is 0 Å². The van der Waals surface area contributed by atoms with Gasteiger partial charge in [0.1, 0.15) is 18.0 Å². The third-order valence-electron chi connectivity index (χ3n) is 3.65. The number of fused-ring (bicyclic) bond motifs is 1. The number of hydrogen-bond acceptors (Lipinski definition) is 4. The minimum atomic E-state index is -0.677. The monoisotopic (exact) mass is 427 g/mol. The number of amidine groups is 1. The fraction of sp³-hybridized carbons (Fsp3) is 0.368. The zero-order valence-electron chi connectivity index (χ0n) is 15.9. The zero-order chi connectivity index (χ0) is 21.1. The number of carbonyl (C=O) groups is 2. The third kappa shape index (κ3) is 5.39. The molecule has 150 valence electrons. The molecule has 0 saturated carbocycles.